The summed E-state index contributed by atoms with van der Waals surface area (Å²) in [4.78, 5) is 4.58. The molecule has 1 atom stereocenters. The molecule has 1 aromatic rings. The summed E-state index contributed by atoms with van der Waals surface area (Å²) in [5, 5.41) is 6.63. The number of hydrogen-bond acceptors (Lipinski definition) is 2. The topological polar surface area (TPSA) is 45.7 Å². The average Bonchev–Trinajstić information content (AvgIpc) is 2.45. The largest absolute Gasteiger partial charge is 0.497 e. The van der Waals surface area contributed by atoms with Gasteiger partial charge in [0.25, 0.3) is 0 Å². The number of nitrogens with one attached hydrogen (secondary N) is 2. The van der Waals surface area contributed by atoms with Gasteiger partial charge in [-0.1, -0.05) is 19.1 Å². The Kier molecular flexibility index (Phi) is 6.79. The normalized spacial score (nSPS) is 12.9. The van der Waals surface area contributed by atoms with Gasteiger partial charge >= 0.3 is 0 Å². The van der Waals surface area contributed by atoms with Crippen molar-refractivity contribution in [2.24, 2.45) is 4.99 Å². The van der Waals surface area contributed by atoms with Crippen LogP contribution in [-0.4, -0.2) is 25.7 Å². The smallest absolute Gasteiger partial charge is 0.191 e. The Labute approximate surface area is 116 Å². The number of rotatable bonds is 6. The lowest BCUT2D eigenvalue weighted by atomic mass is 10.2. The van der Waals surface area contributed by atoms with E-state index in [-0.39, 0.29) is 0 Å². The van der Waals surface area contributed by atoms with Gasteiger partial charge in [-0.05, 0) is 38.0 Å². The Hall–Kier alpha value is -1.71. The zero-order chi connectivity index (χ0) is 14.1. The number of aliphatic imine (C=N–C) groups is 1. The van der Waals surface area contributed by atoms with Gasteiger partial charge in [-0.15, -0.1) is 0 Å². The quantitative estimate of drug-likeness (QED) is 0.612. The molecule has 0 saturated carbocycles. The Balaban J connectivity index is 2.62. The lowest BCUT2D eigenvalue weighted by Crippen LogP contribution is -2.41. The molecule has 1 unspecified atom stereocenters. The summed E-state index contributed by atoms with van der Waals surface area (Å²) in [6, 6.07) is 8.41. The third kappa shape index (κ3) is 5.64. The van der Waals surface area contributed by atoms with Crippen molar-refractivity contribution in [1.82, 2.24) is 10.6 Å². The van der Waals surface area contributed by atoms with Crippen LogP contribution in [0.2, 0.25) is 0 Å². The molecule has 0 aliphatic carbocycles. The molecule has 0 spiro atoms. The van der Waals surface area contributed by atoms with Crippen LogP contribution in [0.3, 0.4) is 0 Å². The fourth-order valence-corrected chi connectivity index (χ4v) is 1.56. The first-order valence-corrected chi connectivity index (χ1v) is 6.87. The summed E-state index contributed by atoms with van der Waals surface area (Å²) in [5.41, 5.74) is 1.17. The second kappa shape index (κ2) is 8.40. The number of ether oxygens (including phenoxy) is 1. The van der Waals surface area contributed by atoms with Crippen LogP contribution in [0.1, 0.15) is 32.8 Å². The molecule has 19 heavy (non-hydrogen) atoms. The molecule has 0 aliphatic heterocycles. The fourth-order valence-electron chi connectivity index (χ4n) is 1.56. The van der Waals surface area contributed by atoms with Crippen molar-refractivity contribution >= 4 is 5.96 Å². The number of methoxy groups -OCH3 is 1. The highest BCUT2D eigenvalue weighted by Gasteiger charge is 2.02. The summed E-state index contributed by atoms with van der Waals surface area (Å²) < 4.78 is 5.14. The van der Waals surface area contributed by atoms with E-state index >= 15 is 0 Å². The van der Waals surface area contributed by atoms with E-state index < -0.39 is 0 Å². The molecule has 0 heterocycles. The monoisotopic (exact) mass is 263 g/mol. The van der Waals surface area contributed by atoms with Gasteiger partial charge in [-0.25, -0.2) is 4.99 Å². The summed E-state index contributed by atoms with van der Waals surface area (Å²) >= 11 is 0. The molecule has 1 aromatic carbocycles. The number of hydrogen-bond donors (Lipinski definition) is 2. The zero-order valence-corrected chi connectivity index (χ0v) is 12.4. The molecule has 0 aromatic heterocycles. The van der Waals surface area contributed by atoms with Crippen molar-refractivity contribution in [2.45, 2.75) is 39.8 Å². The summed E-state index contributed by atoms with van der Waals surface area (Å²) in [5.74, 6) is 1.74. The first kappa shape index (κ1) is 15.3. The van der Waals surface area contributed by atoms with Crippen LogP contribution in [0.5, 0.6) is 5.75 Å². The van der Waals surface area contributed by atoms with E-state index in [4.69, 9.17) is 4.74 Å². The van der Waals surface area contributed by atoms with Gasteiger partial charge in [0.15, 0.2) is 5.96 Å². The van der Waals surface area contributed by atoms with E-state index in [0.717, 1.165) is 24.7 Å². The minimum absolute atomic E-state index is 0.425. The molecule has 106 valence electrons. The van der Waals surface area contributed by atoms with Crippen molar-refractivity contribution in [2.75, 3.05) is 13.7 Å². The predicted molar refractivity (Wildman–Crippen MR) is 80.7 cm³/mol. The Morgan fingerprint density at radius 3 is 2.47 bits per heavy atom. The maximum Gasteiger partial charge on any atom is 0.191 e. The minimum atomic E-state index is 0.425. The summed E-state index contributed by atoms with van der Waals surface area (Å²) in [6.07, 6.45) is 1.08. The molecule has 0 fully saturated rings. The van der Waals surface area contributed by atoms with E-state index in [2.05, 4.69) is 36.4 Å². The first-order valence-electron chi connectivity index (χ1n) is 6.87. The maximum absolute atomic E-state index is 5.14. The van der Waals surface area contributed by atoms with Crippen LogP contribution in [0.4, 0.5) is 0 Å². The highest BCUT2D eigenvalue weighted by molar-refractivity contribution is 5.80. The maximum atomic E-state index is 5.14. The van der Waals surface area contributed by atoms with E-state index in [1.165, 1.54) is 5.56 Å². The van der Waals surface area contributed by atoms with Gasteiger partial charge in [0.05, 0.1) is 13.7 Å². The number of guanidine groups is 1. The van der Waals surface area contributed by atoms with Gasteiger partial charge in [-0.2, -0.15) is 0 Å². The lowest BCUT2D eigenvalue weighted by Gasteiger charge is -2.16. The van der Waals surface area contributed by atoms with Crippen molar-refractivity contribution in [3.63, 3.8) is 0 Å². The zero-order valence-electron chi connectivity index (χ0n) is 12.4. The Bertz CT molecular complexity index is 387. The molecule has 1 rings (SSSR count). The lowest BCUT2D eigenvalue weighted by molar-refractivity contribution is 0.414. The predicted octanol–water partition coefficient (Wildman–Crippen LogP) is 2.55. The molecule has 0 bridgehead atoms. The second-order valence-electron chi connectivity index (χ2n) is 4.50. The second-order valence-corrected chi connectivity index (χ2v) is 4.50. The molecule has 2 N–H and O–H groups in total. The highest BCUT2D eigenvalue weighted by Crippen LogP contribution is 2.11. The van der Waals surface area contributed by atoms with Crippen molar-refractivity contribution in [3.8, 4) is 5.75 Å². The number of benzene rings is 1. The van der Waals surface area contributed by atoms with Crippen LogP contribution >= 0.6 is 0 Å². The molecule has 0 saturated heterocycles. The molecule has 0 amide bonds. The van der Waals surface area contributed by atoms with Gasteiger partial charge < -0.3 is 15.4 Å². The Morgan fingerprint density at radius 2 is 1.95 bits per heavy atom. The average molecular weight is 263 g/mol. The Morgan fingerprint density at radius 1 is 1.26 bits per heavy atom. The van der Waals surface area contributed by atoms with Crippen LogP contribution in [0, 0.1) is 0 Å². The minimum Gasteiger partial charge on any atom is -0.497 e. The molecule has 0 aliphatic rings. The van der Waals surface area contributed by atoms with Crippen LogP contribution < -0.4 is 15.4 Å². The van der Waals surface area contributed by atoms with Crippen LogP contribution in [-0.2, 0) is 6.54 Å². The van der Waals surface area contributed by atoms with Gasteiger partial charge in [0, 0.05) is 12.6 Å². The fraction of sp³-hybridized carbons (Fsp3) is 0.533. The molecular weight excluding hydrogens is 238 g/mol. The van der Waals surface area contributed by atoms with E-state index in [1.807, 2.05) is 24.3 Å². The standard InChI is InChI=1S/C15H25N3O/c1-5-12(3)18-15(16-6-2)17-11-13-7-9-14(19-4)10-8-13/h7-10,12H,5-6,11H2,1-4H3,(H2,16,17,18). The first-order chi connectivity index (χ1) is 9.19. The molecule has 4 heteroatoms. The summed E-state index contributed by atoms with van der Waals surface area (Å²) in [6.45, 7) is 7.91. The molecular formula is C15H25N3O. The van der Waals surface area contributed by atoms with Crippen molar-refractivity contribution in [3.05, 3.63) is 29.8 Å². The van der Waals surface area contributed by atoms with Crippen LogP contribution in [0.15, 0.2) is 29.3 Å². The highest BCUT2D eigenvalue weighted by atomic mass is 16.5. The van der Waals surface area contributed by atoms with Gasteiger partial charge in [-0.3, -0.25) is 0 Å². The SMILES string of the molecule is CCNC(=NCc1ccc(OC)cc1)NC(C)CC. The van der Waals surface area contributed by atoms with E-state index in [1.54, 1.807) is 7.11 Å². The van der Waals surface area contributed by atoms with E-state index in [9.17, 15) is 0 Å². The molecule has 0 radical (unpaired) electrons. The van der Waals surface area contributed by atoms with E-state index in [0.29, 0.717) is 12.6 Å². The third-order valence-electron chi connectivity index (χ3n) is 2.92. The number of nitrogens with zero attached hydrogens (tertiary/aromatic N) is 1. The summed E-state index contributed by atoms with van der Waals surface area (Å²) in [7, 11) is 1.67. The van der Waals surface area contributed by atoms with Crippen molar-refractivity contribution < 1.29 is 4.74 Å². The van der Waals surface area contributed by atoms with Gasteiger partial charge in [0.2, 0.25) is 0 Å². The third-order valence-corrected chi connectivity index (χ3v) is 2.92. The van der Waals surface area contributed by atoms with Crippen LogP contribution in [0.25, 0.3) is 0 Å². The molecule has 4 nitrogen and oxygen atoms in total. The van der Waals surface area contributed by atoms with Gasteiger partial charge in [0.1, 0.15) is 5.75 Å². The van der Waals surface area contributed by atoms with Crippen molar-refractivity contribution in [1.29, 1.82) is 0 Å².